The highest BCUT2D eigenvalue weighted by atomic mass is 79.9. The molecule has 0 bridgehead atoms. The molecule has 0 aliphatic carbocycles. The molecule has 0 saturated heterocycles. The molecule has 0 spiro atoms. The van der Waals surface area contributed by atoms with Crippen LogP contribution in [-0.4, -0.2) is 41.5 Å². The van der Waals surface area contributed by atoms with Crippen molar-refractivity contribution >= 4 is 21.7 Å². The van der Waals surface area contributed by atoms with Crippen molar-refractivity contribution < 1.29 is 9.90 Å². The Kier molecular flexibility index (Phi) is 6.54. The Hall–Kier alpha value is -0.710. The largest absolute Gasteiger partial charge is 0.395 e. The molecular formula is C14H20BrNO2. The number of ketones is 1. The van der Waals surface area contributed by atoms with E-state index >= 15 is 0 Å². The molecule has 0 amide bonds. The Morgan fingerprint density at radius 2 is 2.00 bits per heavy atom. The summed E-state index contributed by atoms with van der Waals surface area (Å²) in [6.07, 6.45) is 0.473. The molecule has 0 atom stereocenters. The summed E-state index contributed by atoms with van der Waals surface area (Å²) in [5, 5.41) is 8.98. The summed E-state index contributed by atoms with van der Waals surface area (Å²) in [7, 11) is 0. The van der Waals surface area contributed by atoms with Gasteiger partial charge in [-0.1, -0.05) is 34.1 Å². The zero-order valence-electron chi connectivity index (χ0n) is 10.9. The van der Waals surface area contributed by atoms with E-state index in [9.17, 15) is 4.79 Å². The standard InChI is InChI=1S/C14H20BrNO2/c1-11(2)16(9-10-17)8-7-14(18)12-5-3-4-6-13(12)15/h3-6,11,17H,7-10H2,1-2H3. The first-order valence-electron chi connectivity index (χ1n) is 6.19. The van der Waals surface area contributed by atoms with Crippen LogP contribution in [0, 0.1) is 0 Å². The molecule has 1 aromatic carbocycles. The van der Waals surface area contributed by atoms with Crippen molar-refractivity contribution in [2.24, 2.45) is 0 Å². The number of aliphatic hydroxyl groups is 1. The number of hydrogen-bond donors (Lipinski definition) is 1. The first kappa shape index (κ1) is 15.3. The van der Waals surface area contributed by atoms with E-state index < -0.39 is 0 Å². The molecule has 1 aromatic rings. The fraction of sp³-hybridized carbons (Fsp3) is 0.500. The summed E-state index contributed by atoms with van der Waals surface area (Å²) >= 11 is 3.39. The van der Waals surface area contributed by atoms with E-state index in [0.29, 0.717) is 25.6 Å². The smallest absolute Gasteiger partial charge is 0.165 e. The average Bonchev–Trinajstić information content (AvgIpc) is 2.34. The van der Waals surface area contributed by atoms with Gasteiger partial charge in [0.05, 0.1) is 6.61 Å². The van der Waals surface area contributed by atoms with E-state index in [1.807, 2.05) is 24.3 Å². The topological polar surface area (TPSA) is 40.5 Å². The van der Waals surface area contributed by atoms with Gasteiger partial charge in [-0.2, -0.15) is 0 Å². The summed E-state index contributed by atoms with van der Waals surface area (Å²) in [6, 6.07) is 7.81. The molecule has 4 heteroatoms. The molecule has 0 aliphatic heterocycles. The van der Waals surface area contributed by atoms with E-state index in [4.69, 9.17) is 5.11 Å². The van der Waals surface area contributed by atoms with Crippen molar-refractivity contribution in [3.8, 4) is 0 Å². The Bertz CT molecular complexity index is 393. The summed E-state index contributed by atoms with van der Waals surface area (Å²) < 4.78 is 0.841. The lowest BCUT2D eigenvalue weighted by molar-refractivity contribution is 0.0943. The summed E-state index contributed by atoms with van der Waals surface area (Å²) in [5.74, 6) is 0.131. The number of nitrogens with zero attached hydrogens (tertiary/aromatic N) is 1. The van der Waals surface area contributed by atoms with Gasteiger partial charge in [-0.25, -0.2) is 0 Å². The Morgan fingerprint density at radius 3 is 2.56 bits per heavy atom. The maximum atomic E-state index is 12.1. The van der Waals surface area contributed by atoms with Crippen molar-refractivity contribution in [2.75, 3.05) is 19.7 Å². The van der Waals surface area contributed by atoms with Crippen LogP contribution in [0.3, 0.4) is 0 Å². The SMILES string of the molecule is CC(C)N(CCO)CCC(=O)c1ccccc1Br. The van der Waals surface area contributed by atoms with E-state index in [1.165, 1.54) is 0 Å². The molecule has 0 aromatic heterocycles. The van der Waals surface area contributed by atoms with Gasteiger partial charge in [0.25, 0.3) is 0 Å². The molecule has 100 valence electrons. The quantitative estimate of drug-likeness (QED) is 0.787. The third-order valence-electron chi connectivity index (χ3n) is 2.92. The highest BCUT2D eigenvalue weighted by molar-refractivity contribution is 9.10. The zero-order chi connectivity index (χ0) is 13.5. The van der Waals surface area contributed by atoms with E-state index in [-0.39, 0.29) is 12.4 Å². The predicted molar refractivity (Wildman–Crippen MR) is 76.9 cm³/mol. The zero-order valence-corrected chi connectivity index (χ0v) is 12.5. The molecule has 0 heterocycles. The minimum absolute atomic E-state index is 0.126. The van der Waals surface area contributed by atoms with Gasteiger partial charge in [-0.15, -0.1) is 0 Å². The Balaban J connectivity index is 2.58. The van der Waals surface area contributed by atoms with E-state index in [0.717, 1.165) is 10.0 Å². The van der Waals surface area contributed by atoms with E-state index in [1.54, 1.807) is 0 Å². The second-order valence-corrected chi connectivity index (χ2v) is 5.36. The van der Waals surface area contributed by atoms with Crippen molar-refractivity contribution in [3.63, 3.8) is 0 Å². The van der Waals surface area contributed by atoms with Crippen molar-refractivity contribution in [1.29, 1.82) is 0 Å². The van der Waals surface area contributed by atoms with Gasteiger partial charge in [0, 0.05) is 35.6 Å². The predicted octanol–water partition coefficient (Wildman–Crippen LogP) is 2.72. The van der Waals surface area contributed by atoms with Crippen LogP contribution < -0.4 is 0 Å². The molecule has 18 heavy (non-hydrogen) atoms. The number of Topliss-reactive ketones (excluding diaryl/α,β-unsaturated/α-hetero) is 1. The fourth-order valence-electron chi connectivity index (χ4n) is 1.82. The third kappa shape index (κ3) is 4.52. The van der Waals surface area contributed by atoms with Gasteiger partial charge in [0.2, 0.25) is 0 Å². The maximum absolute atomic E-state index is 12.1. The minimum Gasteiger partial charge on any atom is -0.395 e. The maximum Gasteiger partial charge on any atom is 0.165 e. The molecule has 0 unspecified atom stereocenters. The number of benzene rings is 1. The summed E-state index contributed by atoms with van der Waals surface area (Å²) in [5.41, 5.74) is 0.727. The first-order chi connectivity index (χ1) is 8.56. The number of carbonyl (C=O) groups excluding carboxylic acids is 1. The lowest BCUT2D eigenvalue weighted by Crippen LogP contribution is -2.35. The van der Waals surface area contributed by atoms with Crippen LogP contribution in [0.25, 0.3) is 0 Å². The van der Waals surface area contributed by atoms with Crippen LogP contribution in [0.15, 0.2) is 28.7 Å². The van der Waals surface area contributed by atoms with E-state index in [2.05, 4.69) is 34.7 Å². The third-order valence-corrected chi connectivity index (χ3v) is 3.61. The molecule has 0 radical (unpaired) electrons. The van der Waals surface area contributed by atoms with Crippen LogP contribution in [0.4, 0.5) is 0 Å². The van der Waals surface area contributed by atoms with Crippen LogP contribution in [0.2, 0.25) is 0 Å². The lowest BCUT2D eigenvalue weighted by atomic mass is 10.1. The van der Waals surface area contributed by atoms with Gasteiger partial charge in [0.1, 0.15) is 0 Å². The number of rotatable bonds is 7. The fourth-order valence-corrected chi connectivity index (χ4v) is 2.33. The number of halogens is 1. The second-order valence-electron chi connectivity index (χ2n) is 4.51. The monoisotopic (exact) mass is 313 g/mol. The van der Waals surface area contributed by atoms with Crippen LogP contribution in [0.5, 0.6) is 0 Å². The van der Waals surface area contributed by atoms with Gasteiger partial charge in [-0.05, 0) is 19.9 Å². The average molecular weight is 314 g/mol. The molecule has 1 N–H and O–H groups in total. The molecule has 1 rings (SSSR count). The van der Waals surface area contributed by atoms with Crippen LogP contribution in [0.1, 0.15) is 30.6 Å². The first-order valence-corrected chi connectivity index (χ1v) is 6.98. The number of hydrogen-bond acceptors (Lipinski definition) is 3. The molecule has 3 nitrogen and oxygen atoms in total. The van der Waals surface area contributed by atoms with Crippen LogP contribution in [-0.2, 0) is 0 Å². The Labute approximate surface area is 117 Å². The van der Waals surface area contributed by atoms with Crippen molar-refractivity contribution in [1.82, 2.24) is 4.90 Å². The van der Waals surface area contributed by atoms with Crippen molar-refractivity contribution in [3.05, 3.63) is 34.3 Å². The Morgan fingerprint density at radius 1 is 1.33 bits per heavy atom. The summed E-state index contributed by atoms with van der Waals surface area (Å²) in [6.45, 7) is 5.55. The number of aliphatic hydroxyl groups excluding tert-OH is 1. The highest BCUT2D eigenvalue weighted by Gasteiger charge is 2.13. The normalized spacial score (nSPS) is 11.2. The minimum atomic E-state index is 0.126. The van der Waals surface area contributed by atoms with Gasteiger partial charge in [-0.3, -0.25) is 9.69 Å². The molecule has 0 aliphatic rings. The molecule has 0 fully saturated rings. The van der Waals surface area contributed by atoms with Gasteiger partial charge in [0.15, 0.2) is 5.78 Å². The van der Waals surface area contributed by atoms with Gasteiger partial charge >= 0.3 is 0 Å². The highest BCUT2D eigenvalue weighted by Crippen LogP contribution is 2.17. The second kappa shape index (κ2) is 7.67. The van der Waals surface area contributed by atoms with Crippen molar-refractivity contribution in [2.45, 2.75) is 26.3 Å². The van der Waals surface area contributed by atoms with Crippen LogP contribution >= 0.6 is 15.9 Å². The van der Waals surface area contributed by atoms with Gasteiger partial charge < -0.3 is 5.11 Å². The molecule has 0 saturated carbocycles. The lowest BCUT2D eigenvalue weighted by Gasteiger charge is -2.25. The number of carbonyl (C=O) groups is 1. The summed E-state index contributed by atoms with van der Waals surface area (Å²) in [4.78, 5) is 14.2. The molecular weight excluding hydrogens is 294 g/mol.